The largest absolute Gasteiger partial charge is 0.435 e. The number of nitrogens with zero attached hydrogens (tertiary/aromatic N) is 5. The average Bonchev–Trinajstić information content (AvgIpc) is 2.99. The number of halogens is 1. The molecule has 0 unspecified atom stereocenters. The predicted molar refractivity (Wildman–Crippen MR) is 169 cm³/mol. The molecule has 10 nitrogen and oxygen atoms in total. The summed E-state index contributed by atoms with van der Waals surface area (Å²) in [6.07, 6.45) is 7.88. The number of ether oxygens (including phenoxy) is 1. The summed E-state index contributed by atoms with van der Waals surface area (Å²) in [4.78, 5) is 19.8. The molecule has 0 radical (unpaired) electrons. The third kappa shape index (κ3) is 7.51. The number of amides is 1. The number of sulfonamides is 1. The SMILES string of the molecule is CCN(C(=O)c1cc(F)ccc1Oc1nnccc1N1CC2(CCN(CC3CCC(NS(=O)(=O)CC)CC3)CC2)C1)C(C)C. The number of carbonyl (C=O) groups excluding carboxylic acids is 1. The zero-order chi connectivity index (χ0) is 31.5. The molecule has 3 aliphatic rings. The first-order valence-electron chi connectivity index (χ1n) is 16.1. The Morgan fingerprint density at radius 2 is 1.84 bits per heavy atom. The maximum absolute atomic E-state index is 14.2. The first-order valence-corrected chi connectivity index (χ1v) is 17.7. The molecular formula is C32H47FN6O4S. The molecule has 44 heavy (non-hydrogen) atoms. The van der Waals surface area contributed by atoms with E-state index in [0.29, 0.717) is 18.3 Å². The van der Waals surface area contributed by atoms with Gasteiger partial charge in [-0.1, -0.05) is 0 Å². The second-order valence-electron chi connectivity index (χ2n) is 13.0. The van der Waals surface area contributed by atoms with E-state index in [4.69, 9.17) is 4.74 Å². The molecule has 3 fully saturated rings. The molecule has 2 aromatic rings. The number of hydrogen-bond donors (Lipinski definition) is 1. The highest BCUT2D eigenvalue weighted by atomic mass is 32.2. The number of benzene rings is 1. The maximum Gasteiger partial charge on any atom is 0.262 e. The van der Waals surface area contributed by atoms with Crippen molar-refractivity contribution in [2.75, 3.05) is 49.9 Å². The molecule has 0 bridgehead atoms. The van der Waals surface area contributed by atoms with E-state index in [1.54, 1.807) is 18.0 Å². The maximum atomic E-state index is 14.2. The van der Waals surface area contributed by atoms with E-state index in [1.165, 1.54) is 18.2 Å². The van der Waals surface area contributed by atoms with Crippen LogP contribution in [0.5, 0.6) is 11.6 Å². The third-order valence-electron chi connectivity index (χ3n) is 9.67. The van der Waals surface area contributed by atoms with Gasteiger partial charge in [-0.2, -0.15) is 5.10 Å². The highest BCUT2D eigenvalue weighted by Gasteiger charge is 2.46. The summed E-state index contributed by atoms with van der Waals surface area (Å²) in [6, 6.07) is 5.93. The van der Waals surface area contributed by atoms with Gasteiger partial charge < -0.3 is 19.4 Å². The van der Waals surface area contributed by atoms with Crippen molar-refractivity contribution in [2.24, 2.45) is 11.3 Å². The molecule has 1 amide bonds. The second-order valence-corrected chi connectivity index (χ2v) is 15.1. The first kappa shape index (κ1) is 32.6. The van der Waals surface area contributed by atoms with Gasteiger partial charge in [0.2, 0.25) is 10.0 Å². The number of likely N-dealkylation sites (tertiary alicyclic amines) is 1. The van der Waals surface area contributed by atoms with Gasteiger partial charge in [-0.25, -0.2) is 17.5 Å². The van der Waals surface area contributed by atoms with Gasteiger partial charge in [-0.3, -0.25) is 4.79 Å². The van der Waals surface area contributed by atoms with Crippen molar-refractivity contribution in [1.29, 1.82) is 0 Å². The van der Waals surface area contributed by atoms with E-state index < -0.39 is 15.8 Å². The van der Waals surface area contributed by atoms with Crippen LogP contribution in [0.2, 0.25) is 0 Å². The van der Waals surface area contributed by atoms with Crippen LogP contribution in [0.4, 0.5) is 10.1 Å². The lowest BCUT2D eigenvalue weighted by atomic mass is 9.71. The van der Waals surface area contributed by atoms with Gasteiger partial charge in [0.15, 0.2) is 0 Å². The number of aromatic nitrogens is 2. The minimum absolute atomic E-state index is 0.0385. The zero-order valence-corrected chi connectivity index (χ0v) is 27.3. The van der Waals surface area contributed by atoms with Gasteiger partial charge in [0, 0.05) is 43.7 Å². The van der Waals surface area contributed by atoms with Crippen molar-refractivity contribution < 1.29 is 22.3 Å². The Balaban J connectivity index is 1.16. The zero-order valence-electron chi connectivity index (χ0n) is 26.5. The Labute approximate surface area is 261 Å². The molecule has 1 aromatic carbocycles. The van der Waals surface area contributed by atoms with Gasteiger partial charge in [0.25, 0.3) is 11.8 Å². The van der Waals surface area contributed by atoms with Crippen LogP contribution in [-0.2, 0) is 10.0 Å². The lowest BCUT2D eigenvalue weighted by Crippen LogP contribution is -2.60. The molecule has 1 saturated carbocycles. The van der Waals surface area contributed by atoms with Gasteiger partial charge in [0.1, 0.15) is 17.3 Å². The van der Waals surface area contributed by atoms with Crippen LogP contribution in [0.25, 0.3) is 0 Å². The van der Waals surface area contributed by atoms with Crippen molar-refractivity contribution in [3.05, 3.63) is 41.8 Å². The van der Waals surface area contributed by atoms with Crippen molar-refractivity contribution in [1.82, 2.24) is 24.7 Å². The van der Waals surface area contributed by atoms with E-state index >= 15 is 0 Å². The molecule has 2 saturated heterocycles. The number of anilines is 1. The number of carbonyl (C=O) groups is 1. The van der Waals surface area contributed by atoms with Gasteiger partial charge in [0.05, 0.1) is 17.5 Å². The highest BCUT2D eigenvalue weighted by Crippen LogP contribution is 2.45. The molecule has 1 N–H and O–H groups in total. The van der Waals surface area contributed by atoms with Crippen molar-refractivity contribution in [3.8, 4) is 11.6 Å². The fraction of sp³-hybridized carbons (Fsp3) is 0.656. The van der Waals surface area contributed by atoms with Crippen LogP contribution in [0.3, 0.4) is 0 Å². The second kappa shape index (κ2) is 13.7. The van der Waals surface area contributed by atoms with E-state index in [0.717, 1.165) is 76.9 Å². The Hall–Kier alpha value is -2.83. The van der Waals surface area contributed by atoms with Crippen molar-refractivity contribution >= 4 is 21.6 Å². The van der Waals surface area contributed by atoms with Crippen LogP contribution in [0.15, 0.2) is 30.5 Å². The van der Waals surface area contributed by atoms with Crippen LogP contribution in [-0.4, -0.2) is 91.4 Å². The molecule has 1 aromatic heterocycles. The minimum Gasteiger partial charge on any atom is -0.435 e. The average molecular weight is 631 g/mol. The summed E-state index contributed by atoms with van der Waals surface area (Å²) in [7, 11) is -3.14. The van der Waals surface area contributed by atoms with E-state index in [2.05, 4.69) is 24.7 Å². The van der Waals surface area contributed by atoms with E-state index in [1.807, 2.05) is 26.8 Å². The smallest absolute Gasteiger partial charge is 0.262 e. The van der Waals surface area contributed by atoms with Crippen molar-refractivity contribution in [2.45, 2.75) is 78.3 Å². The molecule has 2 aliphatic heterocycles. The number of piperidine rings is 1. The highest BCUT2D eigenvalue weighted by molar-refractivity contribution is 7.89. The first-order chi connectivity index (χ1) is 21.0. The van der Waals surface area contributed by atoms with Gasteiger partial charge in [-0.05, 0) is 109 Å². The summed E-state index contributed by atoms with van der Waals surface area (Å²) in [5.74, 6) is 0.551. The molecule has 1 spiro atoms. The number of nitrogens with one attached hydrogen (secondary N) is 1. The summed E-state index contributed by atoms with van der Waals surface area (Å²) in [5, 5.41) is 8.30. The normalized spacial score (nSPS) is 22.2. The number of hydrogen-bond acceptors (Lipinski definition) is 8. The van der Waals surface area contributed by atoms with Gasteiger partial charge >= 0.3 is 0 Å². The Bertz CT molecular complexity index is 1400. The molecule has 5 rings (SSSR count). The Morgan fingerprint density at radius 1 is 1.14 bits per heavy atom. The van der Waals surface area contributed by atoms with E-state index in [9.17, 15) is 17.6 Å². The third-order valence-corrected chi connectivity index (χ3v) is 11.1. The minimum atomic E-state index is -3.14. The molecule has 0 atom stereocenters. The predicted octanol–water partition coefficient (Wildman–Crippen LogP) is 4.68. The quantitative estimate of drug-likeness (QED) is 0.382. The van der Waals surface area contributed by atoms with Crippen LogP contribution in [0, 0.1) is 17.2 Å². The van der Waals surface area contributed by atoms with Crippen molar-refractivity contribution in [3.63, 3.8) is 0 Å². The van der Waals surface area contributed by atoms with Gasteiger partial charge in [-0.15, -0.1) is 5.10 Å². The van der Waals surface area contributed by atoms with Crippen LogP contribution in [0.1, 0.15) is 76.6 Å². The molecule has 3 heterocycles. The Kier molecular flexibility index (Phi) is 10.1. The summed E-state index contributed by atoms with van der Waals surface area (Å²) >= 11 is 0. The Morgan fingerprint density at radius 3 is 2.48 bits per heavy atom. The lowest BCUT2D eigenvalue weighted by molar-refractivity contribution is 0.0621. The topological polar surface area (TPSA) is 108 Å². The molecule has 1 aliphatic carbocycles. The fourth-order valence-corrected chi connectivity index (χ4v) is 7.92. The monoisotopic (exact) mass is 630 g/mol. The molecule has 242 valence electrons. The van der Waals surface area contributed by atoms with Crippen LogP contribution >= 0.6 is 0 Å². The lowest BCUT2D eigenvalue weighted by Gasteiger charge is -2.55. The standard InChI is InChI=1S/C32H47FN6O4S/c1-5-39(23(3)4)31(40)27-19-25(33)9-12-29(27)43-30-28(13-16-34-35-30)38-21-32(22-38)14-17-37(18-15-32)20-24-7-10-26(11-8-24)36-44(41,42)6-2/h9,12-13,16,19,23-24,26,36H,5-8,10-11,14-15,17-18,20-22H2,1-4H3. The molecule has 12 heteroatoms. The fourth-order valence-electron chi connectivity index (χ4n) is 7.01. The molecular weight excluding hydrogens is 583 g/mol. The summed E-state index contributed by atoms with van der Waals surface area (Å²) in [5.41, 5.74) is 1.24. The number of rotatable bonds is 11. The van der Waals surface area contributed by atoms with E-state index in [-0.39, 0.29) is 40.5 Å². The van der Waals surface area contributed by atoms with Crippen LogP contribution < -0.4 is 14.4 Å². The summed E-state index contributed by atoms with van der Waals surface area (Å²) in [6.45, 7) is 13.0. The summed E-state index contributed by atoms with van der Waals surface area (Å²) < 4.78 is 47.1.